The lowest BCUT2D eigenvalue weighted by molar-refractivity contribution is 0.0956. The van der Waals surface area contributed by atoms with Crippen molar-refractivity contribution in [2.75, 3.05) is 0 Å². The van der Waals surface area contributed by atoms with Crippen LogP contribution in [0.2, 0.25) is 0 Å². The Morgan fingerprint density at radius 3 is 2.71 bits per heavy atom. The number of aliphatic hydroxyl groups excluding tert-OH is 1. The van der Waals surface area contributed by atoms with Gasteiger partial charge >= 0.3 is 0 Å². The van der Waals surface area contributed by atoms with Crippen molar-refractivity contribution in [1.82, 2.24) is 14.8 Å². The van der Waals surface area contributed by atoms with Crippen molar-refractivity contribution < 1.29 is 5.11 Å². The monoisotopic (exact) mass is 237 g/mol. The highest BCUT2D eigenvalue weighted by molar-refractivity contribution is 4.89. The molecule has 4 heteroatoms. The maximum absolute atomic E-state index is 10.3. The Labute approximate surface area is 103 Å². The molecule has 2 rings (SSSR count). The van der Waals surface area contributed by atoms with Gasteiger partial charge in [-0.05, 0) is 25.7 Å². The number of hydrogen-bond donors (Lipinski definition) is 1. The van der Waals surface area contributed by atoms with Crippen molar-refractivity contribution in [2.45, 2.75) is 64.5 Å². The minimum absolute atomic E-state index is 0.248. The first-order valence-electron chi connectivity index (χ1n) is 6.86. The van der Waals surface area contributed by atoms with Gasteiger partial charge in [0.15, 0.2) is 0 Å². The van der Waals surface area contributed by atoms with E-state index in [0.717, 1.165) is 12.4 Å². The number of hydrogen-bond acceptors (Lipinski definition) is 3. The van der Waals surface area contributed by atoms with Gasteiger partial charge in [-0.25, -0.2) is 4.98 Å². The molecule has 4 nitrogen and oxygen atoms in total. The maximum Gasteiger partial charge on any atom is 0.138 e. The Morgan fingerprint density at radius 2 is 2.06 bits per heavy atom. The summed E-state index contributed by atoms with van der Waals surface area (Å²) in [7, 11) is 0. The van der Waals surface area contributed by atoms with Crippen LogP contribution in [-0.2, 0) is 13.0 Å². The van der Waals surface area contributed by atoms with Crippen LogP contribution in [0.5, 0.6) is 0 Å². The zero-order chi connectivity index (χ0) is 12.1. The normalized spacial score (nSPS) is 20.1. The second kappa shape index (κ2) is 6.15. The molecule has 96 valence electrons. The Bertz CT molecular complexity index is 329. The number of aromatic nitrogens is 3. The lowest BCUT2D eigenvalue weighted by Crippen LogP contribution is -2.24. The average molecular weight is 237 g/mol. The van der Waals surface area contributed by atoms with Crippen LogP contribution in [0, 0.1) is 5.92 Å². The molecule has 0 spiro atoms. The molecule has 1 atom stereocenters. The Balaban J connectivity index is 1.93. The highest BCUT2D eigenvalue weighted by Gasteiger charge is 2.22. The summed E-state index contributed by atoms with van der Waals surface area (Å²) in [6.07, 6.45) is 9.51. The molecule has 1 aromatic rings. The molecule has 0 aromatic carbocycles. The van der Waals surface area contributed by atoms with Crippen LogP contribution in [0.15, 0.2) is 6.33 Å². The molecule has 1 aromatic heterocycles. The molecule has 1 heterocycles. The van der Waals surface area contributed by atoms with Gasteiger partial charge in [-0.15, -0.1) is 0 Å². The Hall–Kier alpha value is -0.900. The molecular weight excluding hydrogens is 214 g/mol. The minimum Gasteiger partial charge on any atom is -0.392 e. The first kappa shape index (κ1) is 12.6. The zero-order valence-electron chi connectivity index (χ0n) is 10.7. The number of rotatable bonds is 4. The van der Waals surface area contributed by atoms with E-state index in [1.165, 1.54) is 38.5 Å². The quantitative estimate of drug-likeness (QED) is 0.816. The summed E-state index contributed by atoms with van der Waals surface area (Å²) in [6.45, 7) is 2.88. The van der Waals surface area contributed by atoms with Crippen molar-refractivity contribution in [3.8, 4) is 0 Å². The van der Waals surface area contributed by atoms with Gasteiger partial charge in [0.2, 0.25) is 0 Å². The molecule has 17 heavy (non-hydrogen) atoms. The van der Waals surface area contributed by atoms with E-state index in [-0.39, 0.29) is 6.10 Å². The topological polar surface area (TPSA) is 50.9 Å². The maximum atomic E-state index is 10.3. The molecular formula is C13H23N3O. The van der Waals surface area contributed by atoms with E-state index in [4.69, 9.17) is 0 Å². The lowest BCUT2D eigenvalue weighted by Gasteiger charge is -2.20. The van der Waals surface area contributed by atoms with Crippen LogP contribution in [0.1, 0.15) is 51.3 Å². The van der Waals surface area contributed by atoms with Crippen LogP contribution in [0.3, 0.4) is 0 Å². The second-order valence-corrected chi connectivity index (χ2v) is 5.02. The predicted octanol–water partition coefficient (Wildman–Crippen LogP) is 2.17. The molecule has 0 radical (unpaired) electrons. The molecule has 0 saturated heterocycles. The van der Waals surface area contributed by atoms with Gasteiger partial charge in [-0.1, -0.05) is 25.7 Å². The third kappa shape index (κ3) is 3.28. The number of aryl methyl sites for hydroxylation is 1. The van der Waals surface area contributed by atoms with E-state index in [2.05, 4.69) is 17.0 Å². The summed E-state index contributed by atoms with van der Waals surface area (Å²) < 4.78 is 1.87. The van der Waals surface area contributed by atoms with Gasteiger partial charge in [0.05, 0.1) is 6.10 Å². The van der Waals surface area contributed by atoms with Gasteiger partial charge in [0, 0.05) is 13.0 Å². The summed E-state index contributed by atoms with van der Waals surface area (Å²) in [5.74, 6) is 1.38. The predicted molar refractivity (Wildman–Crippen MR) is 66.6 cm³/mol. The van der Waals surface area contributed by atoms with Gasteiger partial charge in [0.25, 0.3) is 0 Å². The van der Waals surface area contributed by atoms with E-state index >= 15 is 0 Å². The summed E-state index contributed by atoms with van der Waals surface area (Å²) in [5, 5.41) is 14.5. The first-order chi connectivity index (χ1) is 8.31. The standard InChI is InChI=1S/C13H23N3O/c1-2-16-13(14-10-15-16)9-12(17)11-7-5-3-4-6-8-11/h10-12,17H,2-9H2,1H3. The van der Waals surface area contributed by atoms with Gasteiger partial charge in [-0.2, -0.15) is 5.10 Å². The third-order valence-corrected chi connectivity index (χ3v) is 3.83. The smallest absolute Gasteiger partial charge is 0.138 e. The number of nitrogens with zero attached hydrogens (tertiary/aromatic N) is 3. The Morgan fingerprint density at radius 1 is 1.35 bits per heavy atom. The van der Waals surface area contributed by atoms with Crippen LogP contribution in [0.25, 0.3) is 0 Å². The van der Waals surface area contributed by atoms with E-state index in [9.17, 15) is 5.11 Å². The molecule has 0 bridgehead atoms. The summed E-state index contributed by atoms with van der Waals surface area (Å²) in [5.41, 5.74) is 0. The van der Waals surface area contributed by atoms with E-state index < -0.39 is 0 Å². The Kier molecular flexibility index (Phi) is 4.54. The summed E-state index contributed by atoms with van der Waals surface area (Å²) in [4.78, 5) is 4.24. The average Bonchev–Trinajstić information content (AvgIpc) is 2.62. The van der Waals surface area contributed by atoms with Crippen molar-refractivity contribution >= 4 is 0 Å². The molecule has 1 N–H and O–H groups in total. The first-order valence-corrected chi connectivity index (χ1v) is 6.86. The van der Waals surface area contributed by atoms with Crippen molar-refractivity contribution in [2.24, 2.45) is 5.92 Å². The van der Waals surface area contributed by atoms with Crippen LogP contribution in [0.4, 0.5) is 0 Å². The molecule has 1 saturated carbocycles. The van der Waals surface area contributed by atoms with E-state index in [1.54, 1.807) is 6.33 Å². The molecule has 0 aliphatic heterocycles. The van der Waals surface area contributed by atoms with Gasteiger partial charge < -0.3 is 5.11 Å². The number of aliphatic hydroxyl groups is 1. The minimum atomic E-state index is -0.248. The molecule has 1 fully saturated rings. The van der Waals surface area contributed by atoms with Crippen LogP contribution < -0.4 is 0 Å². The molecule has 1 aliphatic rings. The van der Waals surface area contributed by atoms with E-state index in [0.29, 0.717) is 12.3 Å². The molecule has 1 unspecified atom stereocenters. The lowest BCUT2D eigenvalue weighted by atomic mass is 9.92. The third-order valence-electron chi connectivity index (χ3n) is 3.83. The highest BCUT2D eigenvalue weighted by Crippen LogP contribution is 2.26. The highest BCUT2D eigenvalue weighted by atomic mass is 16.3. The summed E-state index contributed by atoms with van der Waals surface area (Å²) >= 11 is 0. The van der Waals surface area contributed by atoms with Crippen molar-refractivity contribution in [3.63, 3.8) is 0 Å². The van der Waals surface area contributed by atoms with Crippen LogP contribution >= 0.6 is 0 Å². The van der Waals surface area contributed by atoms with Crippen molar-refractivity contribution in [3.05, 3.63) is 12.2 Å². The fourth-order valence-electron chi connectivity index (χ4n) is 2.76. The fraction of sp³-hybridized carbons (Fsp3) is 0.846. The largest absolute Gasteiger partial charge is 0.392 e. The van der Waals surface area contributed by atoms with Gasteiger partial charge in [0.1, 0.15) is 12.2 Å². The molecule has 1 aliphatic carbocycles. The second-order valence-electron chi connectivity index (χ2n) is 5.02. The SMILES string of the molecule is CCn1ncnc1CC(O)C1CCCCCC1. The zero-order valence-corrected chi connectivity index (χ0v) is 10.7. The van der Waals surface area contributed by atoms with E-state index in [1.807, 2.05) is 4.68 Å². The fourth-order valence-corrected chi connectivity index (χ4v) is 2.76. The van der Waals surface area contributed by atoms with Crippen molar-refractivity contribution in [1.29, 1.82) is 0 Å². The molecule has 0 amide bonds. The summed E-state index contributed by atoms with van der Waals surface area (Å²) in [6, 6.07) is 0. The van der Waals surface area contributed by atoms with Gasteiger partial charge in [-0.3, -0.25) is 4.68 Å². The van der Waals surface area contributed by atoms with Crippen LogP contribution in [-0.4, -0.2) is 26.0 Å².